The summed E-state index contributed by atoms with van der Waals surface area (Å²) in [7, 11) is 0. The highest BCUT2D eigenvalue weighted by molar-refractivity contribution is 5.82. The van der Waals surface area contributed by atoms with Crippen LogP contribution in [0.2, 0.25) is 0 Å². The van der Waals surface area contributed by atoms with Crippen molar-refractivity contribution < 1.29 is 0 Å². The van der Waals surface area contributed by atoms with Gasteiger partial charge >= 0.3 is 0 Å². The first kappa shape index (κ1) is 36.9. The van der Waals surface area contributed by atoms with Crippen LogP contribution in [0.3, 0.4) is 0 Å². The quantitative estimate of drug-likeness (QED) is 0.103. The lowest BCUT2D eigenvalue weighted by Crippen LogP contribution is -2.10. The van der Waals surface area contributed by atoms with Gasteiger partial charge in [0.05, 0.1) is 0 Å². The second-order valence-electron chi connectivity index (χ2n) is 13.4. The molecule has 2 heteroatoms. The van der Waals surface area contributed by atoms with Crippen LogP contribution in [0.5, 0.6) is 0 Å². The van der Waals surface area contributed by atoms with Crippen molar-refractivity contribution >= 4 is 34.0 Å². The number of allylic oxidation sites excluding steroid dienone is 8. The third kappa shape index (κ3) is 9.20. The average molecular weight is 721 g/mol. The van der Waals surface area contributed by atoms with Crippen molar-refractivity contribution in [3.8, 4) is 22.3 Å². The van der Waals surface area contributed by atoms with Crippen LogP contribution in [-0.4, -0.2) is 0 Å². The summed E-state index contributed by atoms with van der Waals surface area (Å²) >= 11 is 0. The fraction of sp³-hybridized carbons (Fsp3) is 0. The molecule has 0 spiro atoms. The van der Waals surface area contributed by atoms with Gasteiger partial charge in [0, 0.05) is 34.6 Å². The van der Waals surface area contributed by atoms with Crippen molar-refractivity contribution in [3.05, 3.63) is 267 Å². The molecule has 270 valence electrons. The zero-order valence-electron chi connectivity index (χ0n) is 31.5. The van der Waals surface area contributed by atoms with Gasteiger partial charge in [-0.1, -0.05) is 178 Å². The Kier molecular flexibility index (Phi) is 11.9. The Hall–Kier alpha value is -7.42. The Morgan fingerprint density at radius 2 is 0.786 bits per heavy atom. The van der Waals surface area contributed by atoms with Crippen molar-refractivity contribution in [3.63, 3.8) is 0 Å². The Labute approximate surface area is 332 Å². The standard InChI is InChI=1S/C54H44N2/c1-42(19-16-17-40-55(50-25-12-6-13-26-50)51-36-32-47(33-37-51)45-20-8-4-9-21-45)43(2)30-31-44(3)49-24-18-29-54(41-49)56(52-27-14-7-15-28-52)53-38-34-48(35-39-53)46-22-10-5-11-23-46/h4-41H,1-3H2/b19-16-,31-30-,40-17+. The van der Waals surface area contributed by atoms with Crippen LogP contribution in [-0.2, 0) is 0 Å². The molecule has 2 nitrogen and oxygen atoms in total. The molecule has 0 aliphatic rings. The van der Waals surface area contributed by atoms with E-state index in [0.29, 0.717) is 0 Å². The van der Waals surface area contributed by atoms with Gasteiger partial charge in [-0.25, -0.2) is 0 Å². The Morgan fingerprint density at radius 3 is 1.36 bits per heavy atom. The maximum absolute atomic E-state index is 4.41. The predicted octanol–water partition coefficient (Wildman–Crippen LogP) is 15.1. The normalized spacial score (nSPS) is 11.2. The summed E-state index contributed by atoms with van der Waals surface area (Å²) in [5.41, 5.74) is 13.6. The van der Waals surface area contributed by atoms with Gasteiger partial charge in [-0.15, -0.1) is 0 Å². The molecule has 0 unspecified atom stereocenters. The smallest absolute Gasteiger partial charge is 0.0467 e. The molecule has 0 saturated heterocycles. The SMILES string of the molecule is C=C(/C=C\C=C\N(c1ccccc1)c1ccc(-c2ccccc2)cc1)C(=C)/C=C\C(=C)c1cccc(N(c2ccccc2)c2ccc(-c3ccccc3)cc2)c1. The minimum atomic E-state index is 0.813. The van der Waals surface area contributed by atoms with Gasteiger partial charge in [-0.3, -0.25) is 0 Å². The lowest BCUT2D eigenvalue weighted by molar-refractivity contribution is 1.28. The Balaban J connectivity index is 1.03. The van der Waals surface area contributed by atoms with Crippen LogP contribution < -0.4 is 9.80 Å². The number of para-hydroxylation sites is 2. The van der Waals surface area contributed by atoms with Crippen molar-refractivity contribution in [1.29, 1.82) is 0 Å². The highest BCUT2D eigenvalue weighted by atomic mass is 15.1. The summed E-state index contributed by atoms with van der Waals surface area (Å²) in [5, 5.41) is 0. The molecule has 0 heterocycles. The van der Waals surface area contributed by atoms with Gasteiger partial charge < -0.3 is 9.80 Å². The van der Waals surface area contributed by atoms with Crippen molar-refractivity contribution in [2.24, 2.45) is 0 Å². The number of anilines is 5. The van der Waals surface area contributed by atoms with Gasteiger partial charge in [0.2, 0.25) is 0 Å². The van der Waals surface area contributed by atoms with Crippen LogP contribution in [0.4, 0.5) is 28.4 Å². The first-order valence-electron chi connectivity index (χ1n) is 18.7. The van der Waals surface area contributed by atoms with Gasteiger partial charge in [0.15, 0.2) is 0 Å². The minimum Gasteiger partial charge on any atom is -0.317 e. The first-order chi connectivity index (χ1) is 27.5. The molecule has 0 aliphatic heterocycles. The lowest BCUT2D eigenvalue weighted by Gasteiger charge is -2.26. The van der Waals surface area contributed by atoms with Gasteiger partial charge in [0.1, 0.15) is 0 Å². The molecular formula is C54H44N2. The summed E-state index contributed by atoms with van der Waals surface area (Å²) in [6.45, 7) is 13.0. The third-order valence-corrected chi connectivity index (χ3v) is 9.55. The van der Waals surface area contributed by atoms with E-state index in [1.807, 2.05) is 54.6 Å². The number of hydrogen-bond donors (Lipinski definition) is 0. The van der Waals surface area contributed by atoms with E-state index in [4.69, 9.17) is 0 Å². The molecule has 7 aromatic carbocycles. The van der Waals surface area contributed by atoms with E-state index in [2.05, 4.69) is 206 Å². The lowest BCUT2D eigenvalue weighted by atomic mass is 10.0. The van der Waals surface area contributed by atoms with Crippen molar-refractivity contribution in [2.45, 2.75) is 0 Å². The molecular weight excluding hydrogens is 677 g/mol. The van der Waals surface area contributed by atoms with Crippen molar-refractivity contribution in [1.82, 2.24) is 0 Å². The molecule has 0 radical (unpaired) electrons. The molecule has 0 atom stereocenters. The van der Waals surface area contributed by atoms with Crippen LogP contribution in [0.1, 0.15) is 5.56 Å². The van der Waals surface area contributed by atoms with E-state index in [-0.39, 0.29) is 0 Å². The molecule has 0 N–H and O–H groups in total. The molecule has 0 fully saturated rings. The van der Waals surface area contributed by atoms with E-state index in [0.717, 1.165) is 50.7 Å². The second kappa shape index (κ2) is 18.1. The van der Waals surface area contributed by atoms with Gasteiger partial charge in [-0.2, -0.15) is 0 Å². The molecule has 0 amide bonds. The van der Waals surface area contributed by atoms with Crippen LogP contribution in [0.15, 0.2) is 262 Å². The second-order valence-corrected chi connectivity index (χ2v) is 13.4. The van der Waals surface area contributed by atoms with E-state index < -0.39 is 0 Å². The Bertz CT molecular complexity index is 2470. The average Bonchev–Trinajstić information content (AvgIpc) is 3.27. The van der Waals surface area contributed by atoms with E-state index in [1.165, 1.54) is 22.3 Å². The number of hydrogen-bond acceptors (Lipinski definition) is 2. The topological polar surface area (TPSA) is 6.48 Å². The van der Waals surface area contributed by atoms with E-state index in [9.17, 15) is 0 Å². The molecule has 7 aromatic rings. The molecule has 0 saturated carbocycles. The fourth-order valence-electron chi connectivity index (χ4n) is 6.48. The summed E-state index contributed by atoms with van der Waals surface area (Å²) in [4.78, 5) is 4.44. The molecule has 7 rings (SSSR count). The van der Waals surface area contributed by atoms with E-state index >= 15 is 0 Å². The minimum absolute atomic E-state index is 0.813. The zero-order valence-corrected chi connectivity index (χ0v) is 31.5. The van der Waals surface area contributed by atoms with Crippen molar-refractivity contribution in [2.75, 3.05) is 9.80 Å². The molecule has 0 aromatic heterocycles. The summed E-state index contributed by atoms with van der Waals surface area (Å²) in [6.07, 6.45) is 12.1. The Morgan fingerprint density at radius 1 is 0.357 bits per heavy atom. The number of benzene rings is 7. The maximum atomic E-state index is 4.41. The predicted molar refractivity (Wildman–Crippen MR) is 242 cm³/mol. The van der Waals surface area contributed by atoms with Gasteiger partial charge in [0.25, 0.3) is 0 Å². The first-order valence-corrected chi connectivity index (χ1v) is 18.7. The van der Waals surface area contributed by atoms with Crippen LogP contribution >= 0.6 is 0 Å². The summed E-state index contributed by atoms with van der Waals surface area (Å²) in [6, 6.07) is 67.5. The zero-order chi connectivity index (χ0) is 38.5. The third-order valence-electron chi connectivity index (χ3n) is 9.55. The summed E-state index contributed by atoms with van der Waals surface area (Å²) < 4.78 is 0. The van der Waals surface area contributed by atoms with Gasteiger partial charge in [-0.05, 0) is 111 Å². The highest BCUT2D eigenvalue weighted by Crippen LogP contribution is 2.37. The highest BCUT2D eigenvalue weighted by Gasteiger charge is 2.14. The number of rotatable bonds is 14. The molecule has 0 aliphatic carbocycles. The van der Waals surface area contributed by atoms with Crippen LogP contribution in [0.25, 0.3) is 27.8 Å². The summed E-state index contributed by atoms with van der Waals surface area (Å²) in [5.74, 6) is 0. The van der Waals surface area contributed by atoms with Crippen LogP contribution in [0, 0.1) is 0 Å². The fourth-order valence-corrected chi connectivity index (χ4v) is 6.48. The molecule has 56 heavy (non-hydrogen) atoms. The largest absolute Gasteiger partial charge is 0.317 e. The number of nitrogens with zero attached hydrogens (tertiary/aromatic N) is 2. The monoisotopic (exact) mass is 720 g/mol. The molecule has 0 bridgehead atoms. The van der Waals surface area contributed by atoms with E-state index in [1.54, 1.807) is 0 Å². The maximum Gasteiger partial charge on any atom is 0.0467 e.